The van der Waals surface area contributed by atoms with Crippen molar-refractivity contribution < 1.29 is 0 Å². The van der Waals surface area contributed by atoms with Gasteiger partial charge in [0, 0.05) is 6.04 Å². The quantitative estimate of drug-likeness (QED) is 0.698. The molecular weight excluding hydrogens is 194 g/mol. The lowest BCUT2D eigenvalue weighted by atomic mass is 9.89. The Bertz CT molecular complexity index is 167. The average molecular weight is 216 g/mol. The molecule has 0 aromatic rings. The molecule has 1 nitrogen and oxygen atoms in total. The molecule has 1 saturated heterocycles. The molecule has 1 unspecified atom stereocenters. The number of hydrogen-bond acceptors (Lipinski definition) is 1. The van der Waals surface area contributed by atoms with Crippen molar-refractivity contribution in [1.29, 1.82) is 0 Å². The van der Waals surface area contributed by atoms with E-state index in [0.29, 0.717) is 6.04 Å². The summed E-state index contributed by atoms with van der Waals surface area (Å²) in [5.74, 6) is 0.899. The standard InChI is InChI=1S/C12H21N.ClH/c1-2-5-11(6-3-1)8-9-12-7-4-10-13-12;/h8-9,11-13H,1-7,10H2;1H/b9-8+;. The minimum Gasteiger partial charge on any atom is -0.311 e. The number of allylic oxidation sites excluding steroid dienone is 1. The molecule has 1 aliphatic heterocycles. The number of rotatable bonds is 2. The Labute approximate surface area is 93.8 Å². The molecule has 1 aliphatic carbocycles. The highest BCUT2D eigenvalue weighted by Gasteiger charge is 2.13. The molecule has 0 bridgehead atoms. The minimum atomic E-state index is 0. The van der Waals surface area contributed by atoms with Gasteiger partial charge in [0.2, 0.25) is 0 Å². The van der Waals surface area contributed by atoms with Gasteiger partial charge in [-0.2, -0.15) is 0 Å². The Morgan fingerprint density at radius 2 is 1.64 bits per heavy atom. The van der Waals surface area contributed by atoms with E-state index in [9.17, 15) is 0 Å². The van der Waals surface area contributed by atoms with Gasteiger partial charge in [0.25, 0.3) is 0 Å². The van der Waals surface area contributed by atoms with Crippen LogP contribution in [0.3, 0.4) is 0 Å². The zero-order valence-corrected chi connectivity index (χ0v) is 9.69. The van der Waals surface area contributed by atoms with Crippen molar-refractivity contribution in [2.24, 2.45) is 5.92 Å². The minimum absolute atomic E-state index is 0. The first-order valence-electron chi connectivity index (χ1n) is 5.87. The summed E-state index contributed by atoms with van der Waals surface area (Å²) in [7, 11) is 0. The van der Waals surface area contributed by atoms with Crippen molar-refractivity contribution in [3.63, 3.8) is 0 Å². The fraction of sp³-hybridized carbons (Fsp3) is 0.833. The van der Waals surface area contributed by atoms with E-state index in [0.717, 1.165) is 5.92 Å². The predicted octanol–water partition coefficient (Wildman–Crippen LogP) is 3.30. The van der Waals surface area contributed by atoms with Crippen LogP contribution < -0.4 is 5.32 Å². The molecule has 0 spiro atoms. The number of nitrogens with one attached hydrogen (secondary N) is 1. The Kier molecular flexibility index (Phi) is 5.57. The van der Waals surface area contributed by atoms with Gasteiger partial charge in [0.15, 0.2) is 0 Å². The Morgan fingerprint density at radius 1 is 0.857 bits per heavy atom. The molecule has 82 valence electrons. The summed E-state index contributed by atoms with van der Waals surface area (Å²) in [4.78, 5) is 0. The first kappa shape index (κ1) is 12.1. The zero-order valence-electron chi connectivity index (χ0n) is 8.87. The van der Waals surface area contributed by atoms with E-state index in [1.54, 1.807) is 0 Å². The van der Waals surface area contributed by atoms with Gasteiger partial charge in [-0.1, -0.05) is 31.4 Å². The van der Waals surface area contributed by atoms with E-state index in [2.05, 4.69) is 17.5 Å². The summed E-state index contributed by atoms with van der Waals surface area (Å²) in [6, 6.07) is 0.696. The van der Waals surface area contributed by atoms with E-state index in [-0.39, 0.29) is 12.4 Å². The summed E-state index contributed by atoms with van der Waals surface area (Å²) in [5.41, 5.74) is 0. The molecule has 2 heteroatoms. The third kappa shape index (κ3) is 3.62. The largest absolute Gasteiger partial charge is 0.311 e. The third-order valence-corrected chi connectivity index (χ3v) is 3.36. The molecule has 0 aromatic heterocycles. The zero-order chi connectivity index (χ0) is 8.93. The molecule has 2 aliphatic rings. The Morgan fingerprint density at radius 3 is 2.29 bits per heavy atom. The van der Waals surface area contributed by atoms with Crippen LogP contribution in [0.25, 0.3) is 0 Å². The highest BCUT2D eigenvalue weighted by atomic mass is 35.5. The van der Waals surface area contributed by atoms with Crippen LogP contribution in [0.2, 0.25) is 0 Å². The van der Waals surface area contributed by atoms with Crippen molar-refractivity contribution >= 4 is 12.4 Å². The van der Waals surface area contributed by atoms with Gasteiger partial charge in [0.1, 0.15) is 0 Å². The summed E-state index contributed by atoms with van der Waals surface area (Å²) >= 11 is 0. The van der Waals surface area contributed by atoms with Crippen LogP contribution in [-0.4, -0.2) is 12.6 Å². The van der Waals surface area contributed by atoms with Crippen LogP contribution >= 0.6 is 12.4 Å². The topological polar surface area (TPSA) is 12.0 Å². The van der Waals surface area contributed by atoms with Crippen LogP contribution in [0.4, 0.5) is 0 Å². The molecule has 2 fully saturated rings. The fourth-order valence-electron chi connectivity index (χ4n) is 2.49. The maximum absolute atomic E-state index is 3.51. The van der Waals surface area contributed by atoms with Crippen molar-refractivity contribution in [3.8, 4) is 0 Å². The smallest absolute Gasteiger partial charge is 0.0250 e. The summed E-state index contributed by atoms with van der Waals surface area (Å²) < 4.78 is 0. The SMILES string of the molecule is C(=C\C1CCCN1)/C1CCCCC1.Cl. The van der Waals surface area contributed by atoms with Crippen LogP contribution in [0.1, 0.15) is 44.9 Å². The summed E-state index contributed by atoms with van der Waals surface area (Å²) in [5, 5.41) is 3.51. The molecular formula is C12H22ClN. The van der Waals surface area contributed by atoms with Gasteiger partial charge >= 0.3 is 0 Å². The van der Waals surface area contributed by atoms with Crippen LogP contribution in [0.15, 0.2) is 12.2 Å². The summed E-state index contributed by atoms with van der Waals surface area (Å²) in [6.45, 7) is 1.22. The van der Waals surface area contributed by atoms with Gasteiger partial charge in [-0.05, 0) is 38.1 Å². The molecule has 1 atom stereocenters. The highest BCUT2D eigenvalue weighted by Crippen LogP contribution is 2.24. The number of halogens is 1. The Balaban J connectivity index is 0.000000980. The third-order valence-electron chi connectivity index (χ3n) is 3.36. The maximum Gasteiger partial charge on any atom is 0.0250 e. The van der Waals surface area contributed by atoms with Crippen molar-refractivity contribution in [1.82, 2.24) is 5.32 Å². The van der Waals surface area contributed by atoms with Crippen LogP contribution in [0, 0.1) is 5.92 Å². The summed E-state index contributed by atoms with van der Waals surface area (Å²) in [6.07, 6.45) is 14.8. The van der Waals surface area contributed by atoms with Gasteiger partial charge in [0.05, 0.1) is 0 Å². The number of hydrogen-bond donors (Lipinski definition) is 1. The van der Waals surface area contributed by atoms with E-state index < -0.39 is 0 Å². The van der Waals surface area contributed by atoms with Gasteiger partial charge in [-0.3, -0.25) is 0 Å². The lowest BCUT2D eigenvalue weighted by Gasteiger charge is -2.18. The molecule has 14 heavy (non-hydrogen) atoms. The van der Waals surface area contributed by atoms with Crippen LogP contribution in [0.5, 0.6) is 0 Å². The Hall–Kier alpha value is -0.0100. The second kappa shape index (κ2) is 6.47. The first-order valence-corrected chi connectivity index (χ1v) is 5.87. The molecule has 0 radical (unpaired) electrons. The monoisotopic (exact) mass is 215 g/mol. The predicted molar refractivity (Wildman–Crippen MR) is 64.0 cm³/mol. The molecule has 0 aromatic carbocycles. The fourth-order valence-corrected chi connectivity index (χ4v) is 2.49. The van der Waals surface area contributed by atoms with E-state index >= 15 is 0 Å². The molecule has 1 N–H and O–H groups in total. The normalized spacial score (nSPS) is 29.3. The van der Waals surface area contributed by atoms with E-state index in [4.69, 9.17) is 0 Å². The lowest BCUT2D eigenvalue weighted by Crippen LogP contribution is -2.18. The van der Waals surface area contributed by atoms with Gasteiger partial charge in [-0.15, -0.1) is 12.4 Å². The molecule has 0 amide bonds. The van der Waals surface area contributed by atoms with Crippen molar-refractivity contribution in [2.75, 3.05) is 6.54 Å². The second-order valence-electron chi connectivity index (χ2n) is 4.49. The lowest BCUT2D eigenvalue weighted by molar-refractivity contribution is 0.418. The van der Waals surface area contributed by atoms with Crippen molar-refractivity contribution in [2.45, 2.75) is 51.0 Å². The molecule has 2 rings (SSSR count). The average Bonchev–Trinajstić information content (AvgIpc) is 2.69. The van der Waals surface area contributed by atoms with E-state index in [1.165, 1.54) is 51.5 Å². The first-order chi connectivity index (χ1) is 6.45. The molecule has 1 heterocycles. The van der Waals surface area contributed by atoms with E-state index in [1.807, 2.05) is 0 Å². The van der Waals surface area contributed by atoms with Crippen molar-refractivity contribution in [3.05, 3.63) is 12.2 Å². The van der Waals surface area contributed by atoms with Gasteiger partial charge < -0.3 is 5.32 Å². The second-order valence-corrected chi connectivity index (χ2v) is 4.49. The highest BCUT2D eigenvalue weighted by molar-refractivity contribution is 5.85. The van der Waals surface area contributed by atoms with Crippen LogP contribution in [-0.2, 0) is 0 Å². The van der Waals surface area contributed by atoms with Gasteiger partial charge in [-0.25, -0.2) is 0 Å². The molecule has 1 saturated carbocycles. The maximum atomic E-state index is 3.51.